The molecule has 86 valence electrons. The van der Waals surface area contributed by atoms with Crippen molar-refractivity contribution in [1.29, 1.82) is 0 Å². The van der Waals surface area contributed by atoms with E-state index in [2.05, 4.69) is 21.7 Å². The van der Waals surface area contributed by atoms with Gasteiger partial charge in [0.2, 0.25) is 0 Å². The van der Waals surface area contributed by atoms with Crippen LogP contribution in [0.2, 0.25) is 0 Å². The molecule has 0 aliphatic carbocycles. The first-order valence-corrected chi connectivity index (χ1v) is 5.05. The quantitative estimate of drug-likeness (QED) is 0.815. The third-order valence-electron chi connectivity index (χ3n) is 2.24. The molecule has 0 aliphatic heterocycles. The van der Waals surface area contributed by atoms with Gasteiger partial charge in [-0.3, -0.25) is 0 Å². The van der Waals surface area contributed by atoms with E-state index in [-0.39, 0.29) is 0 Å². The number of aromatic nitrogens is 3. The van der Waals surface area contributed by atoms with Crippen molar-refractivity contribution in [2.75, 3.05) is 5.73 Å². The second kappa shape index (κ2) is 4.61. The summed E-state index contributed by atoms with van der Waals surface area (Å²) in [5.41, 5.74) is 7.89. The molecule has 0 bridgehead atoms. The van der Waals surface area contributed by atoms with Crippen molar-refractivity contribution >= 4 is 11.4 Å². The van der Waals surface area contributed by atoms with Crippen molar-refractivity contribution in [3.8, 4) is 11.5 Å². The molecule has 2 aromatic rings. The van der Waals surface area contributed by atoms with Gasteiger partial charge < -0.3 is 10.3 Å². The van der Waals surface area contributed by atoms with Crippen LogP contribution < -0.4 is 5.73 Å². The SMILES string of the molecule is C=C/C=C(\C)c1cc(-c2nccnc2N)on1. The van der Waals surface area contributed by atoms with E-state index in [0.29, 0.717) is 17.3 Å². The topological polar surface area (TPSA) is 77.8 Å². The van der Waals surface area contributed by atoms with Crippen LogP contribution >= 0.6 is 0 Å². The zero-order valence-electron chi connectivity index (χ0n) is 9.42. The van der Waals surface area contributed by atoms with Crippen LogP contribution in [-0.4, -0.2) is 15.1 Å². The maximum atomic E-state index is 5.70. The summed E-state index contributed by atoms with van der Waals surface area (Å²) in [5, 5.41) is 3.94. The van der Waals surface area contributed by atoms with Crippen LogP contribution in [0, 0.1) is 0 Å². The Morgan fingerprint density at radius 2 is 2.18 bits per heavy atom. The van der Waals surface area contributed by atoms with E-state index in [4.69, 9.17) is 10.3 Å². The summed E-state index contributed by atoms with van der Waals surface area (Å²) in [6, 6.07) is 1.77. The highest BCUT2D eigenvalue weighted by Gasteiger charge is 2.12. The van der Waals surface area contributed by atoms with E-state index in [1.807, 2.05) is 13.0 Å². The highest BCUT2D eigenvalue weighted by Crippen LogP contribution is 2.24. The van der Waals surface area contributed by atoms with E-state index in [9.17, 15) is 0 Å². The van der Waals surface area contributed by atoms with Gasteiger partial charge in [0, 0.05) is 18.5 Å². The van der Waals surface area contributed by atoms with E-state index >= 15 is 0 Å². The molecule has 2 aromatic heterocycles. The number of rotatable bonds is 3. The summed E-state index contributed by atoms with van der Waals surface area (Å²) in [7, 11) is 0. The fourth-order valence-corrected chi connectivity index (χ4v) is 1.37. The molecular formula is C12H12N4O. The number of nitrogen functional groups attached to an aromatic ring is 1. The van der Waals surface area contributed by atoms with Gasteiger partial charge >= 0.3 is 0 Å². The number of anilines is 1. The fourth-order valence-electron chi connectivity index (χ4n) is 1.37. The van der Waals surface area contributed by atoms with Crippen molar-refractivity contribution in [3.63, 3.8) is 0 Å². The van der Waals surface area contributed by atoms with Gasteiger partial charge in [-0.1, -0.05) is 23.9 Å². The van der Waals surface area contributed by atoms with Gasteiger partial charge in [0.15, 0.2) is 17.3 Å². The fraction of sp³-hybridized carbons (Fsp3) is 0.0833. The number of hydrogen-bond acceptors (Lipinski definition) is 5. The van der Waals surface area contributed by atoms with Crippen LogP contribution in [-0.2, 0) is 0 Å². The number of allylic oxidation sites excluding steroid dienone is 3. The van der Waals surface area contributed by atoms with Crippen LogP contribution in [0.3, 0.4) is 0 Å². The summed E-state index contributed by atoms with van der Waals surface area (Å²) < 4.78 is 5.19. The second-order valence-corrected chi connectivity index (χ2v) is 3.45. The Hall–Kier alpha value is -2.43. The largest absolute Gasteiger partial charge is 0.382 e. The van der Waals surface area contributed by atoms with Crippen molar-refractivity contribution in [1.82, 2.24) is 15.1 Å². The molecule has 0 unspecified atom stereocenters. The standard InChI is InChI=1S/C12H12N4O/c1-3-4-8(2)9-7-10(17-16-9)11-12(13)15-6-5-14-11/h3-7H,1H2,2H3,(H2,13,15)/b8-4+. The molecule has 2 heterocycles. The zero-order chi connectivity index (χ0) is 12.3. The highest BCUT2D eigenvalue weighted by molar-refractivity contribution is 5.69. The number of hydrogen-bond donors (Lipinski definition) is 1. The molecular weight excluding hydrogens is 216 g/mol. The molecule has 5 nitrogen and oxygen atoms in total. The van der Waals surface area contributed by atoms with E-state index in [0.717, 1.165) is 11.3 Å². The molecule has 0 saturated carbocycles. The van der Waals surface area contributed by atoms with Crippen molar-refractivity contribution in [2.24, 2.45) is 0 Å². The summed E-state index contributed by atoms with van der Waals surface area (Å²) >= 11 is 0. The third-order valence-corrected chi connectivity index (χ3v) is 2.24. The Kier molecular flexibility index (Phi) is 3.00. The minimum absolute atomic E-state index is 0.320. The summed E-state index contributed by atoms with van der Waals surface area (Å²) in [4.78, 5) is 8.05. The lowest BCUT2D eigenvalue weighted by molar-refractivity contribution is 0.429. The average molecular weight is 228 g/mol. The second-order valence-electron chi connectivity index (χ2n) is 3.45. The molecule has 0 spiro atoms. The van der Waals surface area contributed by atoms with Gasteiger partial charge in [0.05, 0.1) is 0 Å². The average Bonchev–Trinajstić information content (AvgIpc) is 2.79. The lowest BCUT2D eigenvalue weighted by Crippen LogP contribution is -1.94. The molecule has 5 heteroatoms. The minimum atomic E-state index is 0.320. The first-order valence-electron chi connectivity index (χ1n) is 5.05. The predicted octanol–water partition coefficient (Wildman–Crippen LogP) is 2.30. The zero-order valence-corrected chi connectivity index (χ0v) is 9.42. The van der Waals surface area contributed by atoms with Gasteiger partial charge in [-0.2, -0.15) is 0 Å². The molecule has 2 rings (SSSR count). The Balaban J connectivity index is 2.40. The summed E-state index contributed by atoms with van der Waals surface area (Å²) in [6.07, 6.45) is 6.63. The van der Waals surface area contributed by atoms with Crippen LogP contribution in [0.5, 0.6) is 0 Å². The Morgan fingerprint density at radius 1 is 1.41 bits per heavy atom. The van der Waals surface area contributed by atoms with Crippen LogP contribution in [0.15, 0.2) is 41.7 Å². The number of nitrogens with two attached hydrogens (primary N) is 1. The van der Waals surface area contributed by atoms with Gasteiger partial charge in [-0.15, -0.1) is 0 Å². The summed E-state index contributed by atoms with van der Waals surface area (Å²) in [6.45, 7) is 5.55. The molecule has 0 fully saturated rings. The molecule has 0 aromatic carbocycles. The molecule has 0 atom stereocenters. The highest BCUT2D eigenvalue weighted by atomic mass is 16.5. The van der Waals surface area contributed by atoms with Crippen molar-refractivity contribution in [2.45, 2.75) is 6.92 Å². The molecule has 0 saturated heterocycles. The van der Waals surface area contributed by atoms with Crippen LogP contribution in [0.4, 0.5) is 5.82 Å². The Labute approximate surface area is 98.7 Å². The first-order chi connectivity index (χ1) is 8.22. The smallest absolute Gasteiger partial charge is 0.189 e. The maximum Gasteiger partial charge on any atom is 0.189 e. The maximum absolute atomic E-state index is 5.70. The van der Waals surface area contributed by atoms with Crippen molar-refractivity contribution in [3.05, 3.63) is 42.9 Å². The number of nitrogens with zero attached hydrogens (tertiary/aromatic N) is 3. The summed E-state index contributed by atoms with van der Waals surface area (Å²) in [5.74, 6) is 0.822. The van der Waals surface area contributed by atoms with E-state index < -0.39 is 0 Å². The molecule has 0 aliphatic rings. The van der Waals surface area contributed by atoms with Crippen molar-refractivity contribution < 1.29 is 4.52 Å². The molecule has 0 radical (unpaired) electrons. The Morgan fingerprint density at radius 3 is 2.88 bits per heavy atom. The Bertz CT molecular complexity index is 571. The van der Waals surface area contributed by atoms with Crippen LogP contribution in [0.1, 0.15) is 12.6 Å². The monoisotopic (exact) mass is 228 g/mol. The van der Waals surface area contributed by atoms with E-state index in [1.165, 1.54) is 6.20 Å². The normalized spacial score (nSPS) is 11.5. The van der Waals surface area contributed by atoms with Crippen LogP contribution in [0.25, 0.3) is 17.0 Å². The van der Waals surface area contributed by atoms with E-state index in [1.54, 1.807) is 18.3 Å². The molecule has 2 N–H and O–H groups in total. The van der Waals surface area contributed by atoms with Gasteiger partial charge in [0.25, 0.3) is 0 Å². The van der Waals surface area contributed by atoms with Gasteiger partial charge in [-0.25, -0.2) is 9.97 Å². The minimum Gasteiger partial charge on any atom is -0.382 e. The first kappa shape index (κ1) is 11.1. The molecule has 0 amide bonds. The third kappa shape index (κ3) is 2.23. The lowest BCUT2D eigenvalue weighted by Gasteiger charge is -1.96. The molecule has 17 heavy (non-hydrogen) atoms. The van der Waals surface area contributed by atoms with Gasteiger partial charge in [-0.05, 0) is 12.5 Å². The predicted molar refractivity (Wildman–Crippen MR) is 65.8 cm³/mol. The van der Waals surface area contributed by atoms with Gasteiger partial charge in [0.1, 0.15) is 5.69 Å². The lowest BCUT2D eigenvalue weighted by atomic mass is 10.2.